The van der Waals surface area contributed by atoms with Gasteiger partial charge in [0.05, 0.1) is 25.4 Å². The van der Waals surface area contributed by atoms with Crippen molar-refractivity contribution in [2.24, 2.45) is 5.92 Å². The average Bonchev–Trinajstić information content (AvgIpc) is 3.46. The van der Waals surface area contributed by atoms with Crippen LogP contribution in [0.25, 0.3) is 0 Å². The zero-order valence-corrected chi connectivity index (χ0v) is 20.2. The highest BCUT2D eigenvalue weighted by Crippen LogP contribution is 2.30. The largest absolute Gasteiger partial charge is 0.489 e. The topological polar surface area (TPSA) is 79.8 Å². The van der Waals surface area contributed by atoms with Crippen LogP contribution in [0.2, 0.25) is 5.02 Å². The Bertz CT molecular complexity index is 952. The van der Waals surface area contributed by atoms with Gasteiger partial charge in [-0.15, -0.1) is 0 Å². The van der Waals surface area contributed by atoms with Gasteiger partial charge in [0.2, 0.25) is 11.9 Å². The molecule has 2 aliphatic heterocycles. The molecule has 0 radical (unpaired) electrons. The van der Waals surface area contributed by atoms with Gasteiger partial charge in [0.25, 0.3) is 0 Å². The van der Waals surface area contributed by atoms with Crippen LogP contribution in [0.4, 0.5) is 11.8 Å². The van der Waals surface area contributed by atoms with E-state index in [2.05, 4.69) is 20.1 Å². The van der Waals surface area contributed by atoms with Crippen molar-refractivity contribution < 1.29 is 14.3 Å². The predicted octanol–water partition coefficient (Wildman–Crippen LogP) is 3.46. The number of ether oxygens (including phenoxy) is 2. The molecule has 1 aromatic carbocycles. The summed E-state index contributed by atoms with van der Waals surface area (Å²) in [4.78, 5) is 24.7. The van der Waals surface area contributed by atoms with Gasteiger partial charge in [0.15, 0.2) is 5.82 Å². The number of rotatable bonds is 8. The summed E-state index contributed by atoms with van der Waals surface area (Å²) in [6, 6.07) is 7.84. The monoisotopic (exact) mass is 473 g/mol. The molecule has 2 saturated heterocycles. The minimum atomic E-state index is -0.0424. The summed E-state index contributed by atoms with van der Waals surface area (Å²) in [5.41, 5.74) is 1.04. The van der Waals surface area contributed by atoms with Crippen LogP contribution in [-0.4, -0.2) is 61.9 Å². The summed E-state index contributed by atoms with van der Waals surface area (Å²) >= 11 is 6.47. The minimum Gasteiger partial charge on any atom is -0.489 e. The fraction of sp³-hybridized carbons (Fsp3) is 0.542. The van der Waals surface area contributed by atoms with Crippen molar-refractivity contribution in [2.75, 3.05) is 49.7 Å². The first-order valence-electron chi connectivity index (χ1n) is 11.5. The Kier molecular flexibility index (Phi) is 7.55. The Morgan fingerprint density at radius 3 is 2.85 bits per heavy atom. The summed E-state index contributed by atoms with van der Waals surface area (Å²) in [5.74, 6) is 2.71. The highest BCUT2D eigenvalue weighted by Gasteiger charge is 2.28. The normalized spacial score (nSPS) is 21.2. The molecule has 0 saturated carbocycles. The number of halogens is 1. The molecule has 1 N–H and O–H groups in total. The molecule has 2 aromatic rings. The second kappa shape index (κ2) is 10.6. The number of carbonyl (C=O) groups is 1. The van der Waals surface area contributed by atoms with Gasteiger partial charge < -0.3 is 24.6 Å². The Hall–Kier alpha value is -2.58. The van der Waals surface area contributed by atoms with Crippen LogP contribution < -0.4 is 19.9 Å². The van der Waals surface area contributed by atoms with Crippen LogP contribution in [0.3, 0.4) is 0 Å². The maximum Gasteiger partial charge on any atom is 0.227 e. The molecular weight excluding hydrogens is 442 g/mol. The molecule has 8 nitrogen and oxygen atoms in total. The lowest BCUT2D eigenvalue weighted by Crippen LogP contribution is -2.29. The Balaban J connectivity index is 1.36. The number of amides is 1. The van der Waals surface area contributed by atoms with Crippen LogP contribution in [0.1, 0.15) is 38.3 Å². The molecule has 1 unspecified atom stereocenters. The zero-order valence-electron chi connectivity index (χ0n) is 19.5. The molecule has 4 rings (SSSR count). The van der Waals surface area contributed by atoms with Crippen molar-refractivity contribution in [2.45, 2.75) is 38.8 Å². The molecule has 0 aliphatic carbocycles. The molecule has 2 fully saturated rings. The van der Waals surface area contributed by atoms with E-state index in [0.29, 0.717) is 23.4 Å². The number of carbonyl (C=O) groups excluding carboxylic acids is 1. The molecule has 3 heterocycles. The lowest BCUT2D eigenvalue weighted by molar-refractivity contribution is -0.119. The summed E-state index contributed by atoms with van der Waals surface area (Å²) < 4.78 is 11.7. The van der Waals surface area contributed by atoms with E-state index in [0.717, 1.165) is 56.3 Å². The number of hydrogen-bond donors (Lipinski definition) is 1. The molecule has 178 valence electrons. The molecule has 33 heavy (non-hydrogen) atoms. The minimum absolute atomic E-state index is 0.0352. The summed E-state index contributed by atoms with van der Waals surface area (Å²) in [6.07, 6.45) is 3.69. The van der Waals surface area contributed by atoms with Crippen LogP contribution in [0, 0.1) is 5.92 Å². The fourth-order valence-electron chi connectivity index (χ4n) is 4.38. The van der Waals surface area contributed by atoms with Crippen molar-refractivity contribution in [3.63, 3.8) is 0 Å². The highest BCUT2D eigenvalue weighted by atomic mass is 35.5. The molecule has 0 bridgehead atoms. The third-order valence-corrected chi connectivity index (χ3v) is 6.42. The van der Waals surface area contributed by atoms with Crippen molar-refractivity contribution in [3.8, 4) is 5.75 Å². The molecule has 1 amide bonds. The van der Waals surface area contributed by atoms with Crippen LogP contribution >= 0.6 is 11.6 Å². The van der Waals surface area contributed by atoms with E-state index in [9.17, 15) is 4.79 Å². The molecular formula is C24H32ClN5O3. The number of aromatic nitrogens is 2. The lowest BCUT2D eigenvalue weighted by Gasteiger charge is -2.23. The van der Waals surface area contributed by atoms with E-state index in [-0.39, 0.29) is 18.1 Å². The van der Waals surface area contributed by atoms with E-state index in [1.807, 2.05) is 38.2 Å². The van der Waals surface area contributed by atoms with Crippen molar-refractivity contribution in [1.82, 2.24) is 15.3 Å². The van der Waals surface area contributed by atoms with E-state index in [4.69, 9.17) is 26.1 Å². The Labute approximate surface area is 200 Å². The van der Waals surface area contributed by atoms with Gasteiger partial charge in [0, 0.05) is 46.0 Å². The third kappa shape index (κ3) is 6.06. The lowest BCUT2D eigenvalue weighted by atomic mass is 10.1. The van der Waals surface area contributed by atoms with Gasteiger partial charge in [-0.25, -0.2) is 4.98 Å². The van der Waals surface area contributed by atoms with E-state index >= 15 is 0 Å². The SMILES string of the molecule is CC(=O)N[C@@H](C)c1ccc(O[C@@H]2CCN(c3nc(N(C)CC4CCOC4)ncc3Cl)C2)cc1. The van der Waals surface area contributed by atoms with E-state index in [1.165, 1.54) is 6.92 Å². The first-order valence-corrected chi connectivity index (χ1v) is 11.9. The number of nitrogens with one attached hydrogen (secondary N) is 1. The van der Waals surface area contributed by atoms with Crippen LogP contribution in [0.5, 0.6) is 5.75 Å². The second-order valence-corrected chi connectivity index (χ2v) is 9.32. The van der Waals surface area contributed by atoms with Gasteiger partial charge >= 0.3 is 0 Å². The number of hydrogen-bond acceptors (Lipinski definition) is 7. The standard InChI is InChI=1S/C24H32ClN5O3/c1-16(27-17(2)31)19-4-6-20(7-5-19)33-21-8-10-30(14-21)23-22(25)12-26-24(28-23)29(3)13-18-9-11-32-15-18/h4-7,12,16,18,21H,8-11,13-15H2,1-3H3,(H,27,31)/t16-,18?,21+/m0/s1. The van der Waals surface area contributed by atoms with E-state index < -0.39 is 0 Å². The van der Waals surface area contributed by atoms with Gasteiger partial charge in [-0.1, -0.05) is 23.7 Å². The maximum atomic E-state index is 11.3. The molecule has 9 heteroatoms. The van der Waals surface area contributed by atoms with Crippen LogP contribution in [-0.2, 0) is 9.53 Å². The van der Waals surface area contributed by atoms with Gasteiger partial charge in [-0.05, 0) is 31.0 Å². The number of benzene rings is 1. The fourth-order valence-corrected chi connectivity index (χ4v) is 4.59. The van der Waals surface area contributed by atoms with Crippen molar-refractivity contribution in [3.05, 3.63) is 41.0 Å². The van der Waals surface area contributed by atoms with Gasteiger partial charge in [-0.3, -0.25) is 4.79 Å². The summed E-state index contributed by atoms with van der Waals surface area (Å²) in [5, 5.41) is 3.44. The number of anilines is 2. The molecule has 1 aromatic heterocycles. The predicted molar refractivity (Wildman–Crippen MR) is 129 cm³/mol. The zero-order chi connectivity index (χ0) is 23.4. The Morgan fingerprint density at radius 2 is 2.15 bits per heavy atom. The maximum absolute atomic E-state index is 11.3. The highest BCUT2D eigenvalue weighted by molar-refractivity contribution is 6.32. The van der Waals surface area contributed by atoms with Crippen molar-refractivity contribution in [1.29, 1.82) is 0 Å². The summed E-state index contributed by atoms with van der Waals surface area (Å²) in [7, 11) is 2.01. The molecule has 0 spiro atoms. The quantitative estimate of drug-likeness (QED) is 0.628. The molecule has 3 atom stereocenters. The first kappa shape index (κ1) is 23.6. The summed E-state index contributed by atoms with van der Waals surface area (Å²) in [6.45, 7) is 7.50. The first-order chi connectivity index (χ1) is 15.9. The smallest absolute Gasteiger partial charge is 0.227 e. The third-order valence-electron chi connectivity index (χ3n) is 6.16. The second-order valence-electron chi connectivity index (χ2n) is 8.92. The van der Waals surface area contributed by atoms with Gasteiger partial charge in [0.1, 0.15) is 16.9 Å². The van der Waals surface area contributed by atoms with E-state index in [1.54, 1.807) is 6.20 Å². The Morgan fingerprint density at radius 1 is 1.36 bits per heavy atom. The molecule has 2 aliphatic rings. The number of nitrogens with zero attached hydrogens (tertiary/aromatic N) is 4. The average molecular weight is 474 g/mol. The van der Waals surface area contributed by atoms with Gasteiger partial charge in [-0.2, -0.15) is 4.98 Å². The van der Waals surface area contributed by atoms with Crippen LogP contribution in [0.15, 0.2) is 30.5 Å². The van der Waals surface area contributed by atoms with Crippen molar-refractivity contribution >= 4 is 29.3 Å².